The van der Waals surface area contributed by atoms with Gasteiger partial charge in [-0.05, 0) is 57.4 Å². The number of nitrogens with one attached hydrogen (secondary N) is 1. The van der Waals surface area contributed by atoms with Gasteiger partial charge in [-0.15, -0.1) is 11.3 Å². The van der Waals surface area contributed by atoms with E-state index in [1.165, 1.54) is 24.9 Å². The van der Waals surface area contributed by atoms with Crippen molar-refractivity contribution < 1.29 is 4.79 Å². The molecule has 2 heterocycles. The Balaban J connectivity index is 1.68. The highest BCUT2D eigenvalue weighted by Gasteiger charge is 2.15. The van der Waals surface area contributed by atoms with Crippen molar-refractivity contribution in [2.45, 2.75) is 33.1 Å². The van der Waals surface area contributed by atoms with E-state index in [1.807, 2.05) is 26.0 Å². The Kier molecular flexibility index (Phi) is 4.43. The largest absolute Gasteiger partial charge is 0.372 e. The molecule has 4 nitrogen and oxygen atoms in total. The molecule has 2 aromatic rings. The minimum atomic E-state index is -0.132. The second-order valence-corrected chi connectivity index (χ2v) is 7.09. The fourth-order valence-electron chi connectivity index (χ4n) is 2.84. The standard InChI is InChI=1S/C17H21N3OS/c1-12-16(18-13(2)22-12)17(21)19-14-6-8-15(9-7-14)20-10-4-3-5-11-20/h6-9H,3-5,10-11H2,1-2H3,(H,19,21). The number of anilines is 2. The van der Waals surface area contributed by atoms with Gasteiger partial charge in [-0.1, -0.05) is 0 Å². The molecule has 0 spiro atoms. The van der Waals surface area contributed by atoms with Crippen molar-refractivity contribution in [1.29, 1.82) is 0 Å². The molecule has 0 radical (unpaired) electrons. The summed E-state index contributed by atoms with van der Waals surface area (Å²) in [5, 5.41) is 3.85. The lowest BCUT2D eigenvalue weighted by molar-refractivity contribution is 0.102. The van der Waals surface area contributed by atoms with E-state index in [0.717, 1.165) is 28.7 Å². The van der Waals surface area contributed by atoms with Gasteiger partial charge >= 0.3 is 0 Å². The number of nitrogens with zero attached hydrogens (tertiary/aromatic N) is 2. The molecule has 0 atom stereocenters. The van der Waals surface area contributed by atoms with Gasteiger partial charge in [0.25, 0.3) is 5.91 Å². The van der Waals surface area contributed by atoms with Gasteiger partial charge in [0.05, 0.1) is 5.01 Å². The molecule has 0 saturated carbocycles. The van der Waals surface area contributed by atoms with Crippen LogP contribution in [-0.4, -0.2) is 24.0 Å². The van der Waals surface area contributed by atoms with Crippen molar-refractivity contribution in [3.05, 3.63) is 39.8 Å². The van der Waals surface area contributed by atoms with Crippen molar-refractivity contribution in [3.63, 3.8) is 0 Å². The summed E-state index contributed by atoms with van der Waals surface area (Å²) in [6, 6.07) is 8.10. The molecule has 1 aromatic carbocycles. The summed E-state index contributed by atoms with van der Waals surface area (Å²) in [6.45, 7) is 6.10. The van der Waals surface area contributed by atoms with Crippen molar-refractivity contribution in [2.24, 2.45) is 0 Å². The van der Waals surface area contributed by atoms with Crippen molar-refractivity contribution in [3.8, 4) is 0 Å². The second-order valence-electron chi connectivity index (χ2n) is 5.69. The van der Waals surface area contributed by atoms with Crippen LogP contribution >= 0.6 is 11.3 Å². The number of carbonyl (C=O) groups is 1. The van der Waals surface area contributed by atoms with Gasteiger partial charge in [-0.2, -0.15) is 0 Å². The van der Waals surface area contributed by atoms with Crippen molar-refractivity contribution >= 4 is 28.6 Å². The van der Waals surface area contributed by atoms with Gasteiger partial charge in [0.2, 0.25) is 0 Å². The molecule has 1 aliphatic heterocycles. The highest BCUT2D eigenvalue weighted by molar-refractivity contribution is 7.11. The molecule has 5 heteroatoms. The zero-order valence-electron chi connectivity index (χ0n) is 13.1. The maximum absolute atomic E-state index is 12.3. The van der Waals surface area contributed by atoms with E-state index in [0.29, 0.717) is 5.69 Å². The zero-order chi connectivity index (χ0) is 15.5. The van der Waals surface area contributed by atoms with Gasteiger partial charge < -0.3 is 10.2 Å². The average Bonchev–Trinajstić information content (AvgIpc) is 2.88. The number of piperidine rings is 1. The van der Waals surface area contributed by atoms with Crippen LogP contribution in [0.1, 0.15) is 39.6 Å². The molecule has 0 bridgehead atoms. The first-order chi connectivity index (χ1) is 10.6. The third-order valence-electron chi connectivity index (χ3n) is 3.96. The minimum Gasteiger partial charge on any atom is -0.372 e. The van der Waals surface area contributed by atoms with Gasteiger partial charge in [0.1, 0.15) is 5.69 Å². The maximum Gasteiger partial charge on any atom is 0.275 e. The molecule has 0 aliphatic carbocycles. The summed E-state index contributed by atoms with van der Waals surface area (Å²) in [7, 11) is 0. The van der Waals surface area contributed by atoms with Crippen LogP contribution in [-0.2, 0) is 0 Å². The molecule has 1 saturated heterocycles. The summed E-state index contributed by atoms with van der Waals surface area (Å²) >= 11 is 1.55. The molecule has 0 unspecified atom stereocenters. The Morgan fingerprint density at radius 1 is 1.14 bits per heavy atom. The number of benzene rings is 1. The SMILES string of the molecule is Cc1nc(C(=O)Nc2ccc(N3CCCCC3)cc2)c(C)s1. The first-order valence-electron chi connectivity index (χ1n) is 7.74. The molecule has 1 aliphatic rings. The normalized spacial score (nSPS) is 14.9. The molecule has 3 rings (SSSR count). The number of aromatic nitrogens is 1. The predicted octanol–water partition coefficient (Wildman–Crippen LogP) is 4.00. The average molecular weight is 315 g/mol. The Morgan fingerprint density at radius 2 is 1.82 bits per heavy atom. The highest BCUT2D eigenvalue weighted by atomic mass is 32.1. The summed E-state index contributed by atoms with van der Waals surface area (Å²) < 4.78 is 0. The molecule has 1 aromatic heterocycles. The monoisotopic (exact) mass is 315 g/mol. The number of amides is 1. The quantitative estimate of drug-likeness (QED) is 0.931. The molecule has 1 fully saturated rings. The number of thiazole rings is 1. The number of hydrogen-bond donors (Lipinski definition) is 1. The Bertz CT molecular complexity index is 657. The van der Waals surface area contributed by atoms with Crippen molar-refractivity contribution in [1.82, 2.24) is 4.98 Å². The summed E-state index contributed by atoms with van der Waals surface area (Å²) in [4.78, 5) is 19.9. The fourth-order valence-corrected chi connectivity index (χ4v) is 3.65. The van der Waals surface area contributed by atoms with E-state index < -0.39 is 0 Å². The molecular weight excluding hydrogens is 294 g/mol. The van der Waals surface area contributed by atoms with Gasteiger partial charge in [-0.3, -0.25) is 4.79 Å². The lowest BCUT2D eigenvalue weighted by Gasteiger charge is -2.28. The van der Waals surface area contributed by atoms with Crippen LogP contribution in [0.2, 0.25) is 0 Å². The first kappa shape index (κ1) is 15.0. The van der Waals surface area contributed by atoms with Crippen molar-refractivity contribution in [2.75, 3.05) is 23.3 Å². The third kappa shape index (κ3) is 3.30. The van der Waals surface area contributed by atoms with E-state index in [4.69, 9.17) is 0 Å². The molecular formula is C17H21N3OS. The topological polar surface area (TPSA) is 45.2 Å². The lowest BCUT2D eigenvalue weighted by atomic mass is 10.1. The van der Waals surface area contributed by atoms with E-state index in [1.54, 1.807) is 11.3 Å². The van der Waals surface area contributed by atoms with Gasteiger partial charge in [0.15, 0.2) is 0 Å². The van der Waals surface area contributed by atoms with Crippen LogP contribution in [0, 0.1) is 13.8 Å². The molecule has 22 heavy (non-hydrogen) atoms. The van der Waals surface area contributed by atoms with Crippen LogP contribution in [0.3, 0.4) is 0 Å². The van der Waals surface area contributed by atoms with E-state index in [9.17, 15) is 4.79 Å². The van der Waals surface area contributed by atoms with Crippen LogP contribution in [0.5, 0.6) is 0 Å². The minimum absolute atomic E-state index is 0.132. The first-order valence-corrected chi connectivity index (χ1v) is 8.55. The smallest absolute Gasteiger partial charge is 0.275 e. The zero-order valence-corrected chi connectivity index (χ0v) is 13.9. The Labute approximate surface area is 135 Å². The van der Waals surface area contributed by atoms with E-state index in [2.05, 4.69) is 27.3 Å². The van der Waals surface area contributed by atoms with E-state index >= 15 is 0 Å². The fraction of sp³-hybridized carbons (Fsp3) is 0.412. The highest BCUT2D eigenvalue weighted by Crippen LogP contribution is 2.23. The van der Waals surface area contributed by atoms with Gasteiger partial charge in [-0.25, -0.2) is 4.98 Å². The number of hydrogen-bond acceptors (Lipinski definition) is 4. The molecule has 1 N–H and O–H groups in total. The second kappa shape index (κ2) is 6.48. The predicted molar refractivity (Wildman–Crippen MR) is 92.0 cm³/mol. The third-order valence-corrected chi connectivity index (χ3v) is 4.85. The molecule has 1 amide bonds. The Morgan fingerprint density at radius 3 is 2.41 bits per heavy atom. The number of aryl methyl sites for hydroxylation is 2. The number of rotatable bonds is 3. The number of carbonyl (C=O) groups excluding carboxylic acids is 1. The Hall–Kier alpha value is -1.88. The summed E-state index contributed by atoms with van der Waals surface area (Å²) in [5.74, 6) is -0.132. The maximum atomic E-state index is 12.3. The summed E-state index contributed by atoms with van der Waals surface area (Å²) in [6.07, 6.45) is 3.86. The molecule has 116 valence electrons. The van der Waals surface area contributed by atoms with Gasteiger partial charge in [0, 0.05) is 29.3 Å². The van der Waals surface area contributed by atoms with E-state index in [-0.39, 0.29) is 5.91 Å². The van der Waals surface area contributed by atoms with Crippen LogP contribution in [0.25, 0.3) is 0 Å². The van der Waals surface area contributed by atoms with Crippen LogP contribution in [0.15, 0.2) is 24.3 Å². The van der Waals surface area contributed by atoms with Crippen LogP contribution in [0.4, 0.5) is 11.4 Å². The van der Waals surface area contributed by atoms with Crippen LogP contribution < -0.4 is 10.2 Å². The summed E-state index contributed by atoms with van der Waals surface area (Å²) in [5.41, 5.74) is 2.58. The lowest BCUT2D eigenvalue weighted by Crippen LogP contribution is -2.29.